The van der Waals surface area contributed by atoms with Crippen molar-refractivity contribution in [2.75, 3.05) is 12.1 Å². The molecule has 0 saturated heterocycles. The van der Waals surface area contributed by atoms with Crippen molar-refractivity contribution in [1.82, 2.24) is 24.2 Å². The second kappa shape index (κ2) is 13.0. The lowest BCUT2D eigenvalue weighted by Gasteiger charge is -2.35. The smallest absolute Gasteiger partial charge is 0.367 e. The predicted molar refractivity (Wildman–Crippen MR) is 156 cm³/mol. The molecule has 4 aromatic rings. The SMILES string of the molecule is CC(C)N([C@@H](C)C(=O)O)P(=O)(CO[C@H](C)Cn1cnc2c(N)ncnc21)ON=C(c1ccccc1)c1ccccc1. The highest BCUT2D eigenvalue weighted by Gasteiger charge is 2.42. The fourth-order valence-electron chi connectivity index (χ4n) is 4.46. The Kier molecular flexibility index (Phi) is 9.49. The number of ether oxygens (including phenoxy) is 1. The van der Waals surface area contributed by atoms with Crippen LogP contribution in [0.2, 0.25) is 0 Å². The van der Waals surface area contributed by atoms with Gasteiger partial charge in [-0.15, -0.1) is 0 Å². The molecule has 0 radical (unpaired) electrons. The van der Waals surface area contributed by atoms with E-state index in [-0.39, 0.29) is 5.82 Å². The average Bonchev–Trinajstić information content (AvgIpc) is 3.37. The molecule has 2 aromatic carbocycles. The number of anilines is 1. The van der Waals surface area contributed by atoms with Crippen LogP contribution in [0.3, 0.4) is 0 Å². The summed E-state index contributed by atoms with van der Waals surface area (Å²) in [6.45, 7) is 7.07. The van der Waals surface area contributed by atoms with Crippen LogP contribution in [-0.2, 0) is 25.3 Å². The molecule has 1 unspecified atom stereocenters. The molecule has 0 bridgehead atoms. The number of aromatic nitrogens is 4. The molecule has 0 aliphatic rings. The van der Waals surface area contributed by atoms with Gasteiger partial charge < -0.3 is 24.8 Å². The van der Waals surface area contributed by atoms with E-state index in [1.807, 2.05) is 60.7 Å². The van der Waals surface area contributed by atoms with Crippen LogP contribution in [-0.4, -0.2) is 65.5 Å². The van der Waals surface area contributed by atoms with Crippen molar-refractivity contribution in [1.29, 1.82) is 0 Å². The van der Waals surface area contributed by atoms with Gasteiger partial charge in [-0.1, -0.05) is 65.8 Å². The molecule has 41 heavy (non-hydrogen) atoms. The summed E-state index contributed by atoms with van der Waals surface area (Å²) in [7, 11) is -4.02. The third-order valence-electron chi connectivity index (χ3n) is 6.39. The number of nitrogens with zero attached hydrogens (tertiary/aromatic N) is 6. The monoisotopic (exact) mass is 579 g/mol. The van der Waals surface area contributed by atoms with Crippen molar-refractivity contribution in [2.24, 2.45) is 5.16 Å². The Morgan fingerprint density at radius 2 is 1.63 bits per heavy atom. The first-order chi connectivity index (χ1) is 19.6. The molecule has 0 fully saturated rings. The van der Waals surface area contributed by atoms with Crippen LogP contribution < -0.4 is 5.73 Å². The average molecular weight is 580 g/mol. The van der Waals surface area contributed by atoms with E-state index >= 15 is 0 Å². The molecule has 2 aromatic heterocycles. The summed E-state index contributed by atoms with van der Waals surface area (Å²) < 4.78 is 29.6. The molecular formula is C28H34N7O5P. The van der Waals surface area contributed by atoms with Crippen molar-refractivity contribution in [3.05, 3.63) is 84.4 Å². The molecule has 3 N–H and O–H groups in total. The Bertz CT molecular complexity index is 1500. The van der Waals surface area contributed by atoms with Gasteiger partial charge in [0.05, 0.1) is 19.0 Å². The lowest BCUT2D eigenvalue weighted by Crippen LogP contribution is -2.42. The number of fused-ring (bicyclic) bond motifs is 1. The van der Waals surface area contributed by atoms with E-state index in [1.54, 1.807) is 31.7 Å². The summed E-state index contributed by atoms with van der Waals surface area (Å²) in [4.78, 5) is 24.5. The highest BCUT2D eigenvalue weighted by Crippen LogP contribution is 2.54. The molecule has 2 heterocycles. The highest BCUT2D eigenvalue weighted by molar-refractivity contribution is 7.56. The van der Waals surface area contributed by atoms with Crippen LogP contribution in [0, 0.1) is 0 Å². The zero-order valence-electron chi connectivity index (χ0n) is 23.4. The molecule has 0 spiro atoms. The number of carbonyl (C=O) groups is 1. The van der Waals surface area contributed by atoms with E-state index in [4.69, 9.17) is 15.1 Å². The molecule has 0 aliphatic heterocycles. The maximum Gasteiger partial charge on any atom is 0.367 e. The number of nitrogen functional groups attached to an aromatic ring is 1. The Balaban J connectivity index is 1.65. The van der Waals surface area contributed by atoms with Crippen molar-refractivity contribution in [2.45, 2.75) is 52.4 Å². The van der Waals surface area contributed by atoms with E-state index in [0.29, 0.717) is 23.4 Å². The normalized spacial score (nSPS) is 14.5. The van der Waals surface area contributed by atoms with Gasteiger partial charge in [-0.2, -0.15) is 0 Å². The second-order valence-electron chi connectivity index (χ2n) is 9.81. The van der Waals surface area contributed by atoms with Crippen LogP contribution in [0.25, 0.3) is 11.2 Å². The molecule has 0 amide bonds. The minimum Gasteiger partial charge on any atom is -0.480 e. The second-order valence-corrected chi connectivity index (χ2v) is 12.0. The van der Waals surface area contributed by atoms with E-state index in [1.165, 1.54) is 17.9 Å². The zero-order chi connectivity index (χ0) is 29.6. The number of rotatable bonds is 13. The number of aliphatic carboxylic acids is 1. The molecule has 216 valence electrons. The lowest BCUT2D eigenvalue weighted by molar-refractivity contribution is -0.141. The van der Waals surface area contributed by atoms with Crippen LogP contribution in [0.1, 0.15) is 38.8 Å². The summed E-state index contributed by atoms with van der Waals surface area (Å²) in [6.07, 6.45) is 2.04. The predicted octanol–water partition coefficient (Wildman–Crippen LogP) is 4.62. The van der Waals surface area contributed by atoms with Gasteiger partial charge in [0.2, 0.25) is 0 Å². The molecule has 3 atom stereocenters. The Hall–Kier alpha value is -4.12. The van der Waals surface area contributed by atoms with Crippen LogP contribution in [0.4, 0.5) is 5.82 Å². The number of hydrogen-bond donors (Lipinski definition) is 2. The topological polar surface area (TPSA) is 158 Å². The van der Waals surface area contributed by atoms with Gasteiger partial charge in [-0.3, -0.25) is 9.36 Å². The van der Waals surface area contributed by atoms with Crippen LogP contribution in [0.15, 0.2) is 78.5 Å². The molecular weight excluding hydrogens is 545 g/mol. The quantitative estimate of drug-likeness (QED) is 0.130. The van der Waals surface area contributed by atoms with Crippen LogP contribution in [0.5, 0.6) is 0 Å². The summed E-state index contributed by atoms with van der Waals surface area (Å²) >= 11 is 0. The molecule has 0 saturated carbocycles. The fraction of sp³-hybridized carbons (Fsp3) is 0.321. The minimum absolute atomic E-state index is 0.265. The Labute approximate surface area is 238 Å². The summed E-state index contributed by atoms with van der Waals surface area (Å²) in [5.41, 5.74) is 8.85. The number of nitrogens with two attached hydrogens (primary N) is 1. The van der Waals surface area contributed by atoms with Crippen molar-refractivity contribution in [3.8, 4) is 0 Å². The van der Waals surface area contributed by atoms with Crippen molar-refractivity contribution < 1.29 is 23.8 Å². The number of hydrogen-bond acceptors (Lipinski definition) is 9. The largest absolute Gasteiger partial charge is 0.480 e. The van der Waals surface area contributed by atoms with Gasteiger partial charge in [-0.05, 0) is 27.7 Å². The zero-order valence-corrected chi connectivity index (χ0v) is 24.3. The maximum absolute atomic E-state index is 14.6. The van der Waals surface area contributed by atoms with E-state index in [0.717, 1.165) is 11.1 Å². The van der Waals surface area contributed by atoms with Gasteiger partial charge in [-0.25, -0.2) is 19.6 Å². The first-order valence-corrected chi connectivity index (χ1v) is 14.9. The first kappa shape index (κ1) is 29.9. The van der Waals surface area contributed by atoms with Gasteiger partial charge in [0.1, 0.15) is 29.9 Å². The number of oxime groups is 1. The first-order valence-electron chi connectivity index (χ1n) is 13.1. The number of benzene rings is 2. The fourth-order valence-corrected chi connectivity index (χ4v) is 6.71. The molecule has 4 rings (SSSR count). The maximum atomic E-state index is 14.6. The molecule has 12 nitrogen and oxygen atoms in total. The van der Waals surface area contributed by atoms with Gasteiger partial charge in [0.25, 0.3) is 0 Å². The standard InChI is InChI=1S/C28H34N7O5P/c1-19(2)35(21(4)28(36)37)41(38,18-39-20(3)15-34-17-32-25-26(29)30-16-31-27(25)34)40-33-24(22-11-7-5-8-12-22)23-13-9-6-10-14-23/h5-14,16-17,19-21H,15,18H2,1-4H3,(H,36,37)(H2,29,30,31)/t20-,21+,41?/m1/s1. The Morgan fingerprint density at radius 1 is 1.02 bits per heavy atom. The van der Waals surface area contributed by atoms with Gasteiger partial charge in [0.15, 0.2) is 11.5 Å². The highest BCUT2D eigenvalue weighted by atomic mass is 31.2. The van der Waals surface area contributed by atoms with E-state index in [9.17, 15) is 14.5 Å². The van der Waals surface area contributed by atoms with Crippen molar-refractivity contribution >= 4 is 36.2 Å². The number of imidazole rings is 1. The lowest BCUT2D eigenvalue weighted by atomic mass is 10.0. The Morgan fingerprint density at radius 3 is 2.20 bits per heavy atom. The minimum atomic E-state index is -4.02. The van der Waals surface area contributed by atoms with Gasteiger partial charge in [0, 0.05) is 17.2 Å². The summed E-state index contributed by atoms with van der Waals surface area (Å²) in [6, 6.07) is 17.1. The van der Waals surface area contributed by atoms with Crippen LogP contribution >= 0.6 is 7.52 Å². The third kappa shape index (κ3) is 6.97. The van der Waals surface area contributed by atoms with Crippen molar-refractivity contribution in [3.63, 3.8) is 0 Å². The van der Waals surface area contributed by atoms with E-state index < -0.39 is 38.0 Å². The summed E-state index contributed by atoms with van der Waals surface area (Å²) in [5.74, 6) is -0.881. The molecule has 0 aliphatic carbocycles. The summed E-state index contributed by atoms with van der Waals surface area (Å²) in [5, 5.41) is 14.2. The number of carboxylic acid groups (broad SMARTS) is 1. The number of carboxylic acids is 1. The van der Waals surface area contributed by atoms with E-state index in [2.05, 4.69) is 20.1 Å². The third-order valence-corrected chi connectivity index (χ3v) is 8.72. The molecule has 13 heteroatoms. The van der Waals surface area contributed by atoms with Gasteiger partial charge >= 0.3 is 13.5 Å².